The zero-order chi connectivity index (χ0) is 16.2. The fraction of sp³-hybridized carbons (Fsp3) is 0.0556. The molecular formula is C18H15ClN2O2. The maximum atomic E-state index is 11.2. The van der Waals surface area contributed by atoms with Gasteiger partial charge in [-0.3, -0.25) is 4.79 Å². The van der Waals surface area contributed by atoms with Crippen molar-refractivity contribution in [1.29, 1.82) is 0 Å². The Balaban J connectivity index is 1.69. The Morgan fingerprint density at radius 3 is 2.61 bits per heavy atom. The van der Waals surface area contributed by atoms with Crippen LogP contribution in [0.5, 0.6) is 0 Å². The standard InChI is InChI=1S/C18H15ClN2O2/c19-14-6-4-12(5-7-14)17-9-8-16(23-17)11-21-15-3-1-2-13(10-15)18(20)22/h1-10,21H,11H2,(H2,20,22). The van der Waals surface area contributed by atoms with Crippen LogP contribution in [0.25, 0.3) is 11.3 Å². The van der Waals surface area contributed by atoms with Crippen molar-refractivity contribution in [1.82, 2.24) is 0 Å². The first-order valence-corrected chi connectivity index (χ1v) is 7.48. The zero-order valence-electron chi connectivity index (χ0n) is 12.3. The molecular weight excluding hydrogens is 312 g/mol. The number of primary amides is 1. The molecule has 3 aromatic rings. The van der Waals surface area contributed by atoms with Crippen LogP contribution in [0.4, 0.5) is 5.69 Å². The van der Waals surface area contributed by atoms with Gasteiger partial charge in [0, 0.05) is 21.8 Å². The summed E-state index contributed by atoms with van der Waals surface area (Å²) in [4.78, 5) is 11.2. The Hall–Kier alpha value is -2.72. The summed E-state index contributed by atoms with van der Waals surface area (Å²) in [6, 6.07) is 18.3. The highest BCUT2D eigenvalue weighted by Gasteiger charge is 2.06. The number of anilines is 1. The second-order valence-corrected chi connectivity index (χ2v) is 5.51. The first-order valence-electron chi connectivity index (χ1n) is 7.10. The molecule has 0 spiro atoms. The fourth-order valence-corrected chi connectivity index (χ4v) is 2.34. The van der Waals surface area contributed by atoms with Crippen LogP contribution >= 0.6 is 11.6 Å². The third-order valence-electron chi connectivity index (χ3n) is 3.40. The SMILES string of the molecule is NC(=O)c1cccc(NCc2ccc(-c3ccc(Cl)cc3)o2)c1. The molecule has 0 saturated heterocycles. The summed E-state index contributed by atoms with van der Waals surface area (Å²) >= 11 is 5.88. The quantitative estimate of drug-likeness (QED) is 0.734. The van der Waals surface area contributed by atoms with Gasteiger partial charge in [-0.05, 0) is 54.6 Å². The van der Waals surface area contributed by atoms with Gasteiger partial charge in [-0.15, -0.1) is 0 Å². The number of hydrogen-bond donors (Lipinski definition) is 2. The minimum absolute atomic E-state index is 0.448. The van der Waals surface area contributed by atoms with Crippen LogP contribution in [0, 0.1) is 0 Å². The molecule has 0 aliphatic carbocycles. The maximum Gasteiger partial charge on any atom is 0.248 e. The Labute approximate surface area is 138 Å². The van der Waals surface area contributed by atoms with E-state index in [-0.39, 0.29) is 0 Å². The molecule has 116 valence electrons. The third-order valence-corrected chi connectivity index (χ3v) is 3.66. The smallest absolute Gasteiger partial charge is 0.248 e. The summed E-state index contributed by atoms with van der Waals surface area (Å²) < 4.78 is 5.81. The zero-order valence-corrected chi connectivity index (χ0v) is 13.0. The second-order valence-electron chi connectivity index (χ2n) is 5.07. The average molecular weight is 327 g/mol. The third kappa shape index (κ3) is 3.73. The van der Waals surface area contributed by atoms with Crippen LogP contribution < -0.4 is 11.1 Å². The summed E-state index contributed by atoms with van der Waals surface area (Å²) in [6.45, 7) is 0.510. The van der Waals surface area contributed by atoms with Gasteiger partial charge in [-0.2, -0.15) is 0 Å². The first-order chi connectivity index (χ1) is 11.1. The van der Waals surface area contributed by atoms with E-state index in [9.17, 15) is 4.79 Å². The van der Waals surface area contributed by atoms with Crippen LogP contribution in [0.3, 0.4) is 0 Å². The van der Waals surface area contributed by atoms with Crippen molar-refractivity contribution < 1.29 is 9.21 Å². The lowest BCUT2D eigenvalue weighted by Gasteiger charge is -2.05. The lowest BCUT2D eigenvalue weighted by atomic mass is 10.2. The molecule has 0 fully saturated rings. The minimum atomic E-state index is -0.448. The number of carbonyl (C=O) groups is 1. The molecule has 0 saturated carbocycles. The van der Waals surface area contributed by atoms with Gasteiger partial charge in [0.15, 0.2) is 0 Å². The number of halogens is 1. The van der Waals surface area contributed by atoms with Crippen molar-refractivity contribution >= 4 is 23.2 Å². The van der Waals surface area contributed by atoms with Crippen LogP contribution in [-0.2, 0) is 6.54 Å². The van der Waals surface area contributed by atoms with Crippen molar-refractivity contribution in [2.75, 3.05) is 5.32 Å². The highest BCUT2D eigenvalue weighted by molar-refractivity contribution is 6.30. The molecule has 4 nitrogen and oxygen atoms in total. The number of hydrogen-bond acceptors (Lipinski definition) is 3. The highest BCUT2D eigenvalue weighted by atomic mass is 35.5. The molecule has 0 bridgehead atoms. The fourth-order valence-electron chi connectivity index (χ4n) is 2.21. The number of benzene rings is 2. The van der Waals surface area contributed by atoms with Crippen LogP contribution in [0.1, 0.15) is 16.1 Å². The first kappa shape index (κ1) is 15.2. The largest absolute Gasteiger partial charge is 0.459 e. The lowest BCUT2D eigenvalue weighted by molar-refractivity contribution is 0.100. The number of nitrogens with one attached hydrogen (secondary N) is 1. The summed E-state index contributed by atoms with van der Waals surface area (Å²) in [5, 5.41) is 3.90. The monoisotopic (exact) mass is 326 g/mol. The van der Waals surface area contributed by atoms with E-state index in [2.05, 4.69) is 5.32 Å². The molecule has 2 aromatic carbocycles. The van der Waals surface area contributed by atoms with Gasteiger partial charge < -0.3 is 15.5 Å². The van der Waals surface area contributed by atoms with E-state index < -0.39 is 5.91 Å². The van der Waals surface area contributed by atoms with Crippen molar-refractivity contribution in [3.63, 3.8) is 0 Å². The highest BCUT2D eigenvalue weighted by Crippen LogP contribution is 2.24. The van der Waals surface area contributed by atoms with Crippen molar-refractivity contribution in [2.24, 2.45) is 5.73 Å². The average Bonchev–Trinajstić information content (AvgIpc) is 3.03. The van der Waals surface area contributed by atoms with E-state index in [4.69, 9.17) is 21.8 Å². The number of rotatable bonds is 5. The van der Waals surface area contributed by atoms with Gasteiger partial charge in [0.2, 0.25) is 5.91 Å². The van der Waals surface area contributed by atoms with Gasteiger partial charge in [0.1, 0.15) is 11.5 Å². The molecule has 1 heterocycles. The number of amides is 1. The maximum absolute atomic E-state index is 11.2. The van der Waals surface area contributed by atoms with Gasteiger partial charge in [-0.1, -0.05) is 17.7 Å². The van der Waals surface area contributed by atoms with Crippen molar-refractivity contribution in [3.8, 4) is 11.3 Å². The molecule has 0 aliphatic heterocycles. The second kappa shape index (κ2) is 6.58. The van der Waals surface area contributed by atoms with E-state index in [1.807, 2.05) is 42.5 Å². The minimum Gasteiger partial charge on any atom is -0.459 e. The predicted molar refractivity (Wildman–Crippen MR) is 91.4 cm³/mol. The summed E-state index contributed by atoms with van der Waals surface area (Å²) in [6.07, 6.45) is 0. The van der Waals surface area contributed by atoms with Crippen LogP contribution in [0.2, 0.25) is 5.02 Å². The molecule has 3 rings (SSSR count). The van der Waals surface area contributed by atoms with E-state index in [1.54, 1.807) is 18.2 Å². The predicted octanol–water partition coefficient (Wildman–Crippen LogP) is 4.31. The van der Waals surface area contributed by atoms with Gasteiger partial charge in [0.05, 0.1) is 6.54 Å². The van der Waals surface area contributed by atoms with E-state index in [1.165, 1.54) is 0 Å². The number of nitrogens with two attached hydrogens (primary N) is 1. The van der Waals surface area contributed by atoms with Crippen LogP contribution in [0.15, 0.2) is 65.1 Å². The summed E-state index contributed by atoms with van der Waals surface area (Å²) in [7, 11) is 0. The van der Waals surface area contributed by atoms with E-state index in [0.29, 0.717) is 17.1 Å². The van der Waals surface area contributed by atoms with Crippen LogP contribution in [-0.4, -0.2) is 5.91 Å². The van der Waals surface area contributed by atoms with E-state index >= 15 is 0 Å². The summed E-state index contributed by atoms with van der Waals surface area (Å²) in [5.74, 6) is 1.13. The molecule has 0 atom stereocenters. The molecule has 23 heavy (non-hydrogen) atoms. The van der Waals surface area contributed by atoms with Crippen molar-refractivity contribution in [3.05, 3.63) is 77.0 Å². The molecule has 5 heteroatoms. The molecule has 0 radical (unpaired) electrons. The Kier molecular flexibility index (Phi) is 4.35. The van der Waals surface area contributed by atoms with E-state index in [0.717, 1.165) is 22.8 Å². The number of furan rings is 1. The molecule has 3 N–H and O–H groups in total. The van der Waals surface area contributed by atoms with Gasteiger partial charge in [-0.25, -0.2) is 0 Å². The molecule has 1 aromatic heterocycles. The Bertz CT molecular complexity index is 825. The Morgan fingerprint density at radius 1 is 1.09 bits per heavy atom. The molecule has 0 aliphatic rings. The van der Waals surface area contributed by atoms with Crippen molar-refractivity contribution in [2.45, 2.75) is 6.54 Å². The topological polar surface area (TPSA) is 68.3 Å². The Morgan fingerprint density at radius 2 is 1.87 bits per heavy atom. The van der Waals surface area contributed by atoms with Gasteiger partial charge in [0.25, 0.3) is 0 Å². The molecule has 1 amide bonds. The number of carbonyl (C=O) groups excluding carboxylic acids is 1. The lowest BCUT2D eigenvalue weighted by Crippen LogP contribution is -2.11. The molecule has 0 unspecified atom stereocenters. The summed E-state index contributed by atoms with van der Waals surface area (Å²) in [5.41, 5.74) is 7.52. The normalized spacial score (nSPS) is 10.5. The van der Waals surface area contributed by atoms with Gasteiger partial charge >= 0.3 is 0 Å².